The molecule has 0 fully saturated rings. The van der Waals surface area contributed by atoms with Crippen molar-refractivity contribution in [2.24, 2.45) is 0 Å². The third-order valence-electron chi connectivity index (χ3n) is 1.96. The zero-order chi connectivity index (χ0) is 11.3. The third kappa shape index (κ3) is 3.59. The highest BCUT2D eigenvalue weighted by molar-refractivity contribution is 5.71. The Kier molecular flexibility index (Phi) is 4.12. The summed E-state index contributed by atoms with van der Waals surface area (Å²) in [5.41, 5.74) is 1.26. The van der Waals surface area contributed by atoms with E-state index in [1.54, 1.807) is 12.1 Å². The van der Waals surface area contributed by atoms with Crippen molar-refractivity contribution < 1.29 is 19.7 Å². The Morgan fingerprint density at radius 1 is 1.47 bits per heavy atom. The van der Waals surface area contributed by atoms with Gasteiger partial charge in [0, 0.05) is 12.2 Å². The predicted molar refractivity (Wildman–Crippen MR) is 54.8 cm³/mol. The number of phenolic OH excluding ortho intramolecular Hbond substituents is 1. The molecule has 0 atom stereocenters. The largest absolute Gasteiger partial charge is 0.508 e. The Balaban J connectivity index is 2.74. The number of rotatable bonds is 5. The van der Waals surface area contributed by atoms with Gasteiger partial charge in [0.2, 0.25) is 0 Å². The van der Waals surface area contributed by atoms with Crippen molar-refractivity contribution in [3.63, 3.8) is 0 Å². The summed E-state index contributed by atoms with van der Waals surface area (Å²) in [5, 5.41) is 18.1. The summed E-state index contributed by atoms with van der Waals surface area (Å²) >= 11 is 0. The van der Waals surface area contributed by atoms with Crippen molar-refractivity contribution >= 4 is 5.97 Å². The van der Waals surface area contributed by atoms with E-state index in [4.69, 9.17) is 9.84 Å². The summed E-state index contributed by atoms with van der Waals surface area (Å²) in [6.07, 6.45) is -0.166. The van der Waals surface area contributed by atoms with Crippen molar-refractivity contribution in [2.75, 3.05) is 6.61 Å². The highest BCUT2D eigenvalue weighted by atomic mass is 16.5. The first-order valence-corrected chi connectivity index (χ1v) is 4.73. The van der Waals surface area contributed by atoms with Crippen LogP contribution in [0.15, 0.2) is 18.2 Å². The first-order valence-electron chi connectivity index (χ1n) is 4.73. The first-order chi connectivity index (χ1) is 7.13. The van der Waals surface area contributed by atoms with Crippen molar-refractivity contribution in [3.05, 3.63) is 29.3 Å². The van der Waals surface area contributed by atoms with E-state index in [1.165, 1.54) is 6.07 Å². The second-order valence-electron chi connectivity index (χ2n) is 3.17. The number of carboxylic acids is 1. The minimum absolute atomic E-state index is 0.00889. The minimum Gasteiger partial charge on any atom is -0.508 e. The minimum atomic E-state index is -0.956. The monoisotopic (exact) mass is 210 g/mol. The molecule has 82 valence electrons. The summed E-state index contributed by atoms with van der Waals surface area (Å²) in [5.74, 6) is -0.947. The smallest absolute Gasteiger partial charge is 0.307 e. The molecule has 0 aromatic heterocycles. The van der Waals surface area contributed by atoms with Crippen LogP contribution in [0, 0.1) is 0 Å². The van der Waals surface area contributed by atoms with Crippen LogP contribution in [0.3, 0.4) is 0 Å². The van der Waals surface area contributed by atoms with Crippen LogP contribution in [0.2, 0.25) is 0 Å². The highest BCUT2D eigenvalue weighted by Crippen LogP contribution is 2.19. The lowest BCUT2D eigenvalue weighted by Gasteiger charge is -2.05. The van der Waals surface area contributed by atoms with Gasteiger partial charge in [-0.15, -0.1) is 0 Å². The molecule has 0 bridgehead atoms. The lowest BCUT2D eigenvalue weighted by molar-refractivity contribution is -0.136. The third-order valence-corrected chi connectivity index (χ3v) is 1.96. The van der Waals surface area contributed by atoms with E-state index >= 15 is 0 Å². The fourth-order valence-electron chi connectivity index (χ4n) is 1.23. The molecule has 4 heteroatoms. The van der Waals surface area contributed by atoms with Crippen molar-refractivity contribution in [1.82, 2.24) is 0 Å². The van der Waals surface area contributed by atoms with Gasteiger partial charge in [0.05, 0.1) is 13.0 Å². The van der Waals surface area contributed by atoms with Crippen LogP contribution in [0.4, 0.5) is 0 Å². The maximum absolute atomic E-state index is 10.4. The van der Waals surface area contributed by atoms with Crippen molar-refractivity contribution in [3.8, 4) is 5.75 Å². The predicted octanol–water partition coefficient (Wildman–Crippen LogP) is 1.56. The second kappa shape index (κ2) is 5.36. The van der Waals surface area contributed by atoms with E-state index in [-0.39, 0.29) is 12.2 Å². The van der Waals surface area contributed by atoms with Gasteiger partial charge in [0.25, 0.3) is 0 Å². The lowest BCUT2D eigenvalue weighted by atomic mass is 10.1. The number of phenols is 1. The van der Waals surface area contributed by atoms with Gasteiger partial charge in [0.1, 0.15) is 5.75 Å². The Hall–Kier alpha value is -1.55. The number of aromatic hydroxyl groups is 1. The normalized spacial score (nSPS) is 10.2. The van der Waals surface area contributed by atoms with Gasteiger partial charge in [-0.3, -0.25) is 4.79 Å². The van der Waals surface area contributed by atoms with Crippen LogP contribution in [0.25, 0.3) is 0 Å². The molecule has 15 heavy (non-hydrogen) atoms. The first kappa shape index (κ1) is 11.5. The highest BCUT2D eigenvalue weighted by Gasteiger charge is 2.06. The number of carbonyl (C=O) groups is 1. The van der Waals surface area contributed by atoms with Crippen molar-refractivity contribution in [2.45, 2.75) is 20.0 Å². The van der Waals surface area contributed by atoms with Gasteiger partial charge in [0.15, 0.2) is 0 Å². The molecule has 0 unspecified atom stereocenters. The molecule has 2 N–H and O–H groups in total. The van der Waals surface area contributed by atoms with Crippen LogP contribution >= 0.6 is 0 Å². The number of benzene rings is 1. The molecule has 0 spiro atoms. The van der Waals surface area contributed by atoms with Crippen LogP contribution in [-0.2, 0) is 22.6 Å². The molecule has 1 aromatic carbocycles. The molecule has 4 nitrogen and oxygen atoms in total. The fourth-order valence-corrected chi connectivity index (χ4v) is 1.23. The summed E-state index contributed by atoms with van der Waals surface area (Å²) < 4.78 is 5.17. The number of hydrogen-bond acceptors (Lipinski definition) is 3. The summed E-state index contributed by atoms with van der Waals surface area (Å²) in [4.78, 5) is 10.4. The molecule has 0 amide bonds. The fraction of sp³-hybridized carbons (Fsp3) is 0.364. The maximum atomic E-state index is 10.4. The Morgan fingerprint density at radius 2 is 2.20 bits per heavy atom. The summed E-state index contributed by atoms with van der Waals surface area (Å²) in [7, 11) is 0. The average molecular weight is 210 g/mol. The van der Waals surface area contributed by atoms with Crippen molar-refractivity contribution in [1.29, 1.82) is 0 Å². The van der Waals surface area contributed by atoms with E-state index in [1.807, 2.05) is 6.92 Å². The number of aliphatic carboxylic acids is 1. The Morgan fingerprint density at radius 3 is 2.73 bits per heavy atom. The second-order valence-corrected chi connectivity index (χ2v) is 3.17. The van der Waals surface area contributed by atoms with E-state index in [0.29, 0.717) is 18.8 Å². The van der Waals surface area contributed by atoms with E-state index in [9.17, 15) is 9.90 Å². The molecule has 0 saturated carbocycles. The molecule has 0 heterocycles. The molecule has 1 rings (SSSR count). The molecule has 0 aliphatic heterocycles. The van der Waals surface area contributed by atoms with Crippen LogP contribution in [0.5, 0.6) is 5.75 Å². The molecular formula is C11H14O4. The zero-order valence-electron chi connectivity index (χ0n) is 8.56. The topological polar surface area (TPSA) is 66.8 Å². The van der Waals surface area contributed by atoms with Gasteiger partial charge in [-0.05, 0) is 18.6 Å². The Labute approximate surface area is 88.1 Å². The van der Waals surface area contributed by atoms with E-state index in [0.717, 1.165) is 5.56 Å². The number of ether oxygens (including phenoxy) is 1. The van der Waals surface area contributed by atoms with Gasteiger partial charge in [-0.1, -0.05) is 12.1 Å². The molecule has 1 aromatic rings. The average Bonchev–Trinajstić information content (AvgIpc) is 2.18. The Bertz CT molecular complexity index is 346. The van der Waals surface area contributed by atoms with Crippen LogP contribution < -0.4 is 0 Å². The SMILES string of the molecule is CCOCc1ccc(CC(=O)O)c(O)c1. The zero-order valence-corrected chi connectivity index (χ0v) is 8.56. The molecule has 0 saturated heterocycles. The van der Waals surface area contributed by atoms with E-state index in [2.05, 4.69) is 0 Å². The van der Waals surface area contributed by atoms with Gasteiger partial charge < -0.3 is 14.9 Å². The van der Waals surface area contributed by atoms with Gasteiger partial charge in [-0.2, -0.15) is 0 Å². The van der Waals surface area contributed by atoms with Gasteiger partial charge in [-0.25, -0.2) is 0 Å². The molecule has 0 radical (unpaired) electrons. The maximum Gasteiger partial charge on any atom is 0.307 e. The van der Waals surface area contributed by atoms with Gasteiger partial charge >= 0.3 is 5.97 Å². The summed E-state index contributed by atoms with van der Waals surface area (Å²) in [6.45, 7) is 2.92. The summed E-state index contributed by atoms with van der Waals surface area (Å²) in [6, 6.07) is 4.90. The quantitative estimate of drug-likeness (QED) is 0.773. The van der Waals surface area contributed by atoms with Crippen LogP contribution in [0.1, 0.15) is 18.1 Å². The van der Waals surface area contributed by atoms with E-state index < -0.39 is 5.97 Å². The lowest BCUT2D eigenvalue weighted by Crippen LogP contribution is -2.01. The molecule has 0 aliphatic carbocycles. The number of hydrogen-bond donors (Lipinski definition) is 2. The molecular weight excluding hydrogens is 196 g/mol. The molecule has 0 aliphatic rings. The van der Waals surface area contributed by atoms with Crippen LogP contribution in [-0.4, -0.2) is 22.8 Å². The number of carboxylic acid groups (broad SMARTS) is 1. The standard InChI is InChI=1S/C11H14O4/c1-2-15-7-8-3-4-9(6-11(13)14)10(12)5-8/h3-5,12H,2,6-7H2,1H3,(H,13,14).